The molecule has 0 nitrogen and oxygen atoms in total. The molecule has 2 aromatic carbocycles. The second kappa shape index (κ2) is 4.37. The van der Waals surface area contributed by atoms with E-state index in [1.165, 1.54) is 36.8 Å². The van der Waals surface area contributed by atoms with Gasteiger partial charge in [0.25, 0.3) is 0 Å². The van der Waals surface area contributed by atoms with E-state index in [0.717, 1.165) is 0 Å². The quantitative estimate of drug-likeness (QED) is 0.725. The topological polar surface area (TPSA) is 0 Å². The first kappa shape index (κ1) is 10.6. The van der Waals surface area contributed by atoms with Gasteiger partial charge in [-0.05, 0) is 42.2 Å². The van der Waals surface area contributed by atoms with Crippen LogP contribution >= 0.6 is 0 Å². The number of hydrogen-bond donors (Lipinski definition) is 0. The fourth-order valence-electron chi connectivity index (χ4n) is 2.65. The van der Waals surface area contributed by atoms with Gasteiger partial charge in [-0.15, -0.1) is 0 Å². The lowest BCUT2D eigenvalue weighted by atomic mass is 9.90. The van der Waals surface area contributed by atoms with Crippen molar-refractivity contribution in [3.8, 4) is 0 Å². The van der Waals surface area contributed by atoms with E-state index in [4.69, 9.17) is 0 Å². The van der Waals surface area contributed by atoms with Gasteiger partial charge in [-0.1, -0.05) is 60.7 Å². The summed E-state index contributed by atoms with van der Waals surface area (Å²) in [6.07, 6.45) is 5.25. The van der Waals surface area contributed by atoms with Gasteiger partial charge in [0.15, 0.2) is 0 Å². The van der Waals surface area contributed by atoms with Crippen molar-refractivity contribution in [1.82, 2.24) is 0 Å². The van der Waals surface area contributed by atoms with Crippen LogP contribution in [0.3, 0.4) is 0 Å². The Kier molecular flexibility index (Phi) is 2.72. The van der Waals surface area contributed by atoms with Crippen molar-refractivity contribution in [3.63, 3.8) is 0 Å². The monoisotopic (exact) mass is 222 g/mol. The molecule has 1 fully saturated rings. The molecule has 1 aliphatic rings. The van der Waals surface area contributed by atoms with Crippen LogP contribution in [0.2, 0.25) is 0 Å². The van der Waals surface area contributed by atoms with Crippen molar-refractivity contribution in [3.05, 3.63) is 71.8 Å². The van der Waals surface area contributed by atoms with Crippen LogP contribution in [0.1, 0.15) is 24.0 Å². The first-order valence-corrected chi connectivity index (χ1v) is 6.44. The number of benzene rings is 2. The highest BCUT2D eigenvalue weighted by Gasteiger charge is 2.42. The lowest BCUT2D eigenvalue weighted by Gasteiger charge is -2.15. The van der Waals surface area contributed by atoms with Gasteiger partial charge in [-0.3, -0.25) is 0 Å². The lowest BCUT2D eigenvalue weighted by Crippen LogP contribution is -2.08. The highest BCUT2D eigenvalue weighted by Crippen LogP contribution is 2.50. The second-order valence-electron chi connectivity index (χ2n) is 5.32. The van der Waals surface area contributed by atoms with Crippen LogP contribution in [0.4, 0.5) is 0 Å². The predicted molar refractivity (Wildman–Crippen MR) is 72.0 cm³/mol. The van der Waals surface area contributed by atoms with Gasteiger partial charge in [0.2, 0.25) is 0 Å². The van der Waals surface area contributed by atoms with E-state index in [0.29, 0.717) is 5.41 Å². The summed E-state index contributed by atoms with van der Waals surface area (Å²) >= 11 is 0. The zero-order chi connectivity index (χ0) is 11.6. The largest absolute Gasteiger partial charge is 0.0622 e. The van der Waals surface area contributed by atoms with E-state index in [9.17, 15) is 0 Å². The molecular weight excluding hydrogens is 204 g/mol. The van der Waals surface area contributed by atoms with Crippen molar-refractivity contribution in [2.75, 3.05) is 0 Å². The molecule has 0 heteroatoms. The van der Waals surface area contributed by atoms with Crippen molar-refractivity contribution in [1.29, 1.82) is 0 Å². The van der Waals surface area contributed by atoms with Gasteiger partial charge in [-0.2, -0.15) is 0 Å². The Labute approximate surface area is 103 Å². The van der Waals surface area contributed by atoms with Crippen molar-refractivity contribution >= 4 is 0 Å². The SMILES string of the molecule is c1ccc(CC2(Cc3ccccc3)CC2)cc1. The Balaban J connectivity index is 1.71. The summed E-state index contributed by atoms with van der Waals surface area (Å²) < 4.78 is 0. The number of hydrogen-bond acceptors (Lipinski definition) is 0. The molecule has 0 aromatic heterocycles. The molecule has 86 valence electrons. The highest BCUT2D eigenvalue weighted by atomic mass is 14.5. The van der Waals surface area contributed by atoms with Crippen LogP contribution in [0.25, 0.3) is 0 Å². The molecule has 17 heavy (non-hydrogen) atoms. The molecule has 1 saturated carbocycles. The summed E-state index contributed by atoms with van der Waals surface area (Å²) in [5.41, 5.74) is 3.53. The summed E-state index contributed by atoms with van der Waals surface area (Å²) in [4.78, 5) is 0. The Bertz CT molecular complexity index is 422. The molecule has 0 amide bonds. The first-order chi connectivity index (χ1) is 8.36. The molecule has 2 aromatic rings. The van der Waals surface area contributed by atoms with Crippen molar-refractivity contribution < 1.29 is 0 Å². The normalized spacial score (nSPS) is 16.7. The third-order valence-electron chi connectivity index (χ3n) is 3.80. The average Bonchev–Trinajstić information content (AvgIpc) is 3.11. The molecule has 0 unspecified atom stereocenters. The summed E-state index contributed by atoms with van der Waals surface area (Å²) in [6.45, 7) is 0. The van der Waals surface area contributed by atoms with E-state index < -0.39 is 0 Å². The van der Waals surface area contributed by atoms with Gasteiger partial charge in [-0.25, -0.2) is 0 Å². The zero-order valence-electron chi connectivity index (χ0n) is 10.1. The summed E-state index contributed by atoms with van der Waals surface area (Å²) in [6, 6.07) is 21.8. The van der Waals surface area contributed by atoms with E-state index >= 15 is 0 Å². The minimum absolute atomic E-state index is 0.558. The van der Waals surface area contributed by atoms with E-state index in [1.807, 2.05) is 0 Å². The van der Waals surface area contributed by atoms with Gasteiger partial charge in [0, 0.05) is 0 Å². The molecule has 0 atom stereocenters. The summed E-state index contributed by atoms with van der Waals surface area (Å²) in [5, 5.41) is 0. The van der Waals surface area contributed by atoms with Gasteiger partial charge < -0.3 is 0 Å². The molecular formula is C17H18. The molecule has 1 aliphatic carbocycles. The first-order valence-electron chi connectivity index (χ1n) is 6.44. The maximum atomic E-state index is 2.26. The highest BCUT2D eigenvalue weighted by molar-refractivity contribution is 5.23. The van der Waals surface area contributed by atoms with Gasteiger partial charge >= 0.3 is 0 Å². The Hall–Kier alpha value is -1.56. The fourth-order valence-corrected chi connectivity index (χ4v) is 2.65. The maximum Gasteiger partial charge on any atom is -0.0216 e. The van der Waals surface area contributed by atoms with E-state index in [1.54, 1.807) is 0 Å². The van der Waals surface area contributed by atoms with Crippen molar-refractivity contribution in [2.45, 2.75) is 25.7 Å². The van der Waals surface area contributed by atoms with E-state index in [-0.39, 0.29) is 0 Å². The molecule has 0 aliphatic heterocycles. The van der Waals surface area contributed by atoms with Crippen LogP contribution in [-0.2, 0) is 12.8 Å². The Morgan fingerprint density at radius 3 is 1.41 bits per heavy atom. The fraction of sp³-hybridized carbons (Fsp3) is 0.294. The van der Waals surface area contributed by atoms with E-state index in [2.05, 4.69) is 60.7 Å². The molecule has 0 heterocycles. The van der Waals surface area contributed by atoms with Gasteiger partial charge in [0.1, 0.15) is 0 Å². The van der Waals surface area contributed by atoms with Crippen molar-refractivity contribution in [2.24, 2.45) is 5.41 Å². The molecule has 0 saturated heterocycles. The Morgan fingerprint density at radius 2 is 1.06 bits per heavy atom. The molecule has 0 spiro atoms. The maximum absolute atomic E-state index is 2.26. The lowest BCUT2D eigenvalue weighted by molar-refractivity contribution is 0.504. The number of rotatable bonds is 4. The molecule has 3 rings (SSSR count). The van der Waals surface area contributed by atoms with Gasteiger partial charge in [0.05, 0.1) is 0 Å². The standard InChI is InChI=1S/C17H18/c1-3-7-15(8-4-1)13-17(11-12-17)14-16-9-5-2-6-10-16/h1-10H,11-14H2. The zero-order valence-corrected chi connectivity index (χ0v) is 10.1. The minimum atomic E-state index is 0.558. The van der Waals surface area contributed by atoms with Crippen LogP contribution in [-0.4, -0.2) is 0 Å². The molecule has 0 radical (unpaired) electrons. The smallest absolute Gasteiger partial charge is 0.0216 e. The molecule has 0 bridgehead atoms. The second-order valence-corrected chi connectivity index (χ2v) is 5.32. The third-order valence-corrected chi connectivity index (χ3v) is 3.80. The van der Waals surface area contributed by atoms with Crippen LogP contribution in [0.15, 0.2) is 60.7 Å². The third kappa shape index (κ3) is 2.58. The minimum Gasteiger partial charge on any atom is -0.0622 e. The summed E-state index contributed by atoms with van der Waals surface area (Å²) in [5.74, 6) is 0. The van der Waals surface area contributed by atoms with Crippen LogP contribution in [0, 0.1) is 5.41 Å². The van der Waals surface area contributed by atoms with Crippen LogP contribution in [0.5, 0.6) is 0 Å². The average molecular weight is 222 g/mol. The summed E-state index contributed by atoms with van der Waals surface area (Å²) in [7, 11) is 0. The molecule has 0 N–H and O–H groups in total. The Morgan fingerprint density at radius 1 is 0.647 bits per heavy atom. The predicted octanol–water partition coefficient (Wildman–Crippen LogP) is 4.25. The van der Waals surface area contributed by atoms with Crippen LogP contribution < -0.4 is 0 Å².